The van der Waals surface area contributed by atoms with Crippen molar-refractivity contribution in [3.05, 3.63) is 35.6 Å². The van der Waals surface area contributed by atoms with Gasteiger partial charge in [-0.2, -0.15) is 0 Å². The van der Waals surface area contributed by atoms with E-state index in [2.05, 4.69) is 0 Å². The first-order chi connectivity index (χ1) is 7.22. The fourth-order valence-corrected chi connectivity index (χ4v) is 1.74. The van der Waals surface area contributed by atoms with Crippen LogP contribution in [0.5, 0.6) is 0 Å². The fraction of sp³-hybridized carbons (Fsp3) is 0.417. The van der Waals surface area contributed by atoms with Gasteiger partial charge in [-0.15, -0.1) is 0 Å². The minimum Gasteiger partial charge on any atom is -0.336 e. The number of rotatable bonds is 3. The lowest BCUT2D eigenvalue weighted by molar-refractivity contribution is 0.0752. The van der Waals surface area contributed by atoms with Crippen LogP contribution in [-0.2, 0) is 0 Å². The molecule has 0 saturated heterocycles. The van der Waals surface area contributed by atoms with Crippen LogP contribution in [0.25, 0.3) is 0 Å². The highest BCUT2D eigenvalue weighted by molar-refractivity contribution is 5.94. The molecule has 0 atom stereocenters. The van der Waals surface area contributed by atoms with E-state index in [0.29, 0.717) is 18.2 Å². The van der Waals surface area contributed by atoms with E-state index in [1.54, 1.807) is 12.1 Å². The molecule has 1 aliphatic rings. The topological polar surface area (TPSA) is 20.3 Å². The fourth-order valence-electron chi connectivity index (χ4n) is 1.74. The van der Waals surface area contributed by atoms with Gasteiger partial charge in [0, 0.05) is 18.2 Å². The Morgan fingerprint density at radius 1 is 1.53 bits per heavy atom. The number of hydrogen-bond donors (Lipinski definition) is 0. The third-order valence-corrected chi connectivity index (χ3v) is 2.66. The summed E-state index contributed by atoms with van der Waals surface area (Å²) in [6.07, 6.45) is 2.16. The van der Waals surface area contributed by atoms with Crippen molar-refractivity contribution >= 4 is 5.91 Å². The Morgan fingerprint density at radius 2 is 2.27 bits per heavy atom. The molecule has 0 heterocycles. The van der Waals surface area contributed by atoms with E-state index < -0.39 is 0 Å². The summed E-state index contributed by atoms with van der Waals surface area (Å²) >= 11 is 0. The second kappa shape index (κ2) is 4.01. The predicted octanol–water partition coefficient (Wildman–Crippen LogP) is 2.45. The normalized spacial score (nSPS) is 15.1. The lowest BCUT2D eigenvalue weighted by Gasteiger charge is -2.20. The summed E-state index contributed by atoms with van der Waals surface area (Å²) in [7, 11) is 0. The molecule has 1 aromatic rings. The maximum atomic E-state index is 12.9. The molecule has 0 radical (unpaired) electrons. The average molecular weight is 207 g/mol. The first kappa shape index (κ1) is 10.1. The van der Waals surface area contributed by atoms with E-state index >= 15 is 0 Å². The number of hydrogen-bond acceptors (Lipinski definition) is 1. The molecule has 1 saturated carbocycles. The maximum Gasteiger partial charge on any atom is 0.254 e. The molecule has 0 N–H and O–H groups in total. The average Bonchev–Trinajstić information content (AvgIpc) is 3.03. The van der Waals surface area contributed by atoms with Gasteiger partial charge in [-0.1, -0.05) is 6.07 Å². The zero-order valence-electron chi connectivity index (χ0n) is 8.74. The molecule has 1 aromatic carbocycles. The van der Waals surface area contributed by atoms with Crippen molar-refractivity contribution in [3.63, 3.8) is 0 Å². The van der Waals surface area contributed by atoms with Crippen molar-refractivity contribution in [1.82, 2.24) is 4.90 Å². The Labute approximate surface area is 88.7 Å². The largest absolute Gasteiger partial charge is 0.336 e. The number of carbonyl (C=O) groups is 1. The van der Waals surface area contributed by atoms with Gasteiger partial charge < -0.3 is 4.90 Å². The van der Waals surface area contributed by atoms with Crippen molar-refractivity contribution in [2.24, 2.45) is 0 Å². The van der Waals surface area contributed by atoms with Gasteiger partial charge >= 0.3 is 0 Å². The second-order valence-corrected chi connectivity index (χ2v) is 3.83. The first-order valence-corrected chi connectivity index (χ1v) is 5.29. The third-order valence-electron chi connectivity index (χ3n) is 2.66. The molecule has 1 aliphatic carbocycles. The van der Waals surface area contributed by atoms with Crippen LogP contribution in [0.3, 0.4) is 0 Å². The highest BCUT2D eigenvalue weighted by atomic mass is 19.1. The van der Waals surface area contributed by atoms with Gasteiger partial charge in [0.05, 0.1) is 0 Å². The van der Waals surface area contributed by atoms with Gasteiger partial charge in [-0.25, -0.2) is 4.39 Å². The molecule has 0 aromatic heterocycles. The molecule has 1 fully saturated rings. The molecule has 0 spiro atoms. The summed E-state index contributed by atoms with van der Waals surface area (Å²) in [5.41, 5.74) is 0.448. The van der Waals surface area contributed by atoms with Crippen LogP contribution in [0.2, 0.25) is 0 Å². The van der Waals surface area contributed by atoms with Gasteiger partial charge in [0.25, 0.3) is 5.91 Å². The molecule has 15 heavy (non-hydrogen) atoms. The van der Waals surface area contributed by atoms with Crippen LogP contribution < -0.4 is 0 Å². The van der Waals surface area contributed by atoms with Crippen LogP contribution in [0.4, 0.5) is 4.39 Å². The highest BCUT2D eigenvalue weighted by Crippen LogP contribution is 2.27. The standard InChI is InChI=1S/C12H14FNO/c1-2-14(11-6-7-11)12(15)9-4-3-5-10(13)8-9/h3-5,8,11H,2,6-7H2,1H3. The Hall–Kier alpha value is -1.38. The van der Waals surface area contributed by atoms with Gasteiger partial charge in [-0.3, -0.25) is 4.79 Å². The third kappa shape index (κ3) is 2.17. The Balaban J connectivity index is 2.18. The molecule has 1 amide bonds. The lowest BCUT2D eigenvalue weighted by Crippen LogP contribution is -2.32. The van der Waals surface area contributed by atoms with E-state index in [9.17, 15) is 9.18 Å². The van der Waals surface area contributed by atoms with Crippen LogP contribution in [-0.4, -0.2) is 23.4 Å². The maximum absolute atomic E-state index is 12.9. The lowest BCUT2D eigenvalue weighted by atomic mass is 10.2. The zero-order valence-corrected chi connectivity index (χ0v) is 8.74. The van der Waals surface area contributed by atoms with Gasteiger partial charge in [0.15, 0.2) is 0 Å². The Morgan fingerprint density at radius 3 is 2.80 bits per heavy atom. The first-order valence-electron chi connectivity index (χ1n) is 5.29. The number of nitrogens with zero attached hydrogens (tertiary/aromatic N) is 1. The van der Waals surface area contributed by atoms with E-state index in [1.165, 1.54) is 12.1 Å². The van der Waals surface area contributed by atoms with Crippen LogP contribution in [0.15, 0.2) is 24.3 Å². The summed E-state index contributed by atoms with van der Waals surface area (Å²) in [6.45, 7) is 2.65. The predicted molar refractivity (Wildman–Crippen MR) is 56.1 cm³/mol. The smallest absolute Gasteiger partial charge is 0.254 e. The van der Waals surface area contributed by atoms with Gasteiger partial charge in [0.2, 0.25) is 0 Å². The van der Waals surface area contributed by atoms with Crippen LogP contribution in [0, 0.1) is 5.82 Å². The van der Waals surface area contributed by atoms with Crippen LogP contribution in [0.1, 0.15) is 30.1 Å². The zero-order chi connectivity index (χ0) is 10.8. The van der Waals surface area contributed by atoms with E-state index in [4.69, 9.17) is 0 Å². The summed E-state index contributed by atoms with van der Waals surface area (Å²) in [4.78, 5) is 13.8. The number of halogens is 1. The SMILES string of the molecule is CCN(C(=O)c1cccc(F)c1)C1CC1. The van der Waals surface area contributed by atoms with E-state index in [-0.39, 0.29) is 11.7 Å². The van der Waals surface area contributed by atoms with Crippen molar-refractivity contribution in [2.45, 2.75) is 25.8 Å². The molecular weight excluding hydrogens is 193 g/mol. The minimum atomic E-state index is -0.354. The van der Waals surface area contributed by atoms with Crippen molar-refractivity contribution in [3.8, 4) is 0 Å². The summed E-state index contributed by atoms with van der Waals surface area (Å²) in [5.74, 6) is -0.410. The molecule has 80 valence electrons. The minimum absolute atomic E-state index is 0.0560. The molecule has 2 nitrogen and oxygen atoms in total. The molecule has 0 unspecified atom stereocenters. The Bertz CT molecular complexity index is 374. The quantitative estimate of drug-likeness (QED) is 0.745. The number of carbonyl (C=O) groups excluding carboxylic acids is 1. The molecular formula is C12H14FNO. The van der Waals surface area contributed by atoms with Crippen molar-refractivity contribution < 1.29 is 9.18 Å². The Kier molecular flexibility index (Phi) is 2.71. The van der Waals surface area contributed by atoms with Gasteiger partial charge in [0.1, 0.15) is 5.82 Å². The van der Waals surface area contributed by atoms with E-state index in [0.717, 1.165) is 12.8 Å². The molecule has 0 bridgehead atoms. The molecule has 0 aliphatic heterocycles. The van der Waals surface area contributed by atoms with Crippen molar-refractivity contribution in [2.75, 3.05) is 6.54 Å². The second-order valence-electron chi connectivity index (χ2n) is 3.83. The monoisotopic (exact) mass is 207 g/mol. The summed E-state index contributed by atoms with van der Waals surface area (Å²) in [6, 6.07) is 6.27. The number of benzene rings is 1. The summed E-state index contributed by atoms with van der Waals surface area (Å²) < 4.78 is 12.9. The highest BCUT2D eigenvalue weighted by Gasteiger charge is 2.31. The number of amides is 1. The molecule has 3 heteroatoms. The van der Waals surface area contributed by atoms with Crippen molar-refractivity contribution in [1.29, 1.82) is 0 Å². The molecule has 2 rings (SSSR count). The van der Waals surface area contributed by atoms with Crippen LogP contribution >= 0.6 is 0 Å². The summed E-state index contributed by atoms with van der Waals surface area (Å²) in [5, 5.41) is 0. The van der Waals surface area contributed by atoms with Gasteiger partial charge in [-0.05, 0) is 38.0 Å². The van der Waals surface area contributed by atoms with E-state index in [1.807, 2.05) is 11.8 Å².